The van der Waals surface area contributed by atoms with Crippen LogP contribution >= 0.6 is 11.3 Å². The van der Waals surface area contributed by atoms with Gasteiger partial charge in [-0.25, -0.2) is 4.98 Å². The molecule has 0 bridgehead atoms. The van der Waals surface area contributed by atoms with Gasteiger partial charge in [-0.15, -0.1) is 11.3 Å². The lowest BCUT2D eigenvalue weighted by Crippen LogP contribution is -2.16. The number of imidazole rings is 1. The Labute approximate surface area is 124 Å². The fourth-order valence-electron chi connectivity index (χ4n) is 3.00. The summed E-state index contributed by atoms with van der Waals surface area (Å²) in [6.07, 6.45) is 11.5. The van der Waals surface area contributed by atoms with Crippen molar-refractivity contribution < 1.29 is 0 Å². The standard InChI is InChI=1S/C16H23N3S/c1-2-9-19-10-8-18-16(19)15(17)14-11-12-6-4-3-5-7-13(12)20-14/h8,10-11,15H,2-7,9,17H2,1H3. The summed E-state index contributed by atoms with van der Waals surface area (Å²) >= 11 is 1.90. The molecule has 0 fully saturated rings. The molecule has 1 unspecified atom stereocenters. The van der Waals surface area contributed by atoms with E-state index in [0.717, 1.165) is 18.8 Å². The second kappa shape index (κ2) is 6.10. The number of nitrogens with two attached hydrogens (primary N) is 1. The van der Waals surface area contributed by atoms with Gasteiger partial charge in [-0.2, -0.15) is 0 Å². The van der Waals surface area contributed by atoms with Crippen LogP contribution in [-0.4, -0.2) is 9.55 Å². The molecule has 0 radical (unpaired) electrons. The first-order valence-electron chi connectivity index (χ1n) is 7.67. The Bertz CT molecular complexity index is 547. The number of thiophene rings is 1. The third-order valence-corrected chi connectivity index (χ3v) is 5.38. The average molecular weight is 289 g/mol. The Morgan fingerprint density at radius 3 is 3.05 bits per heavy atom. The van der Waals surface area contributed by atoms with Crippen molar-refractivity contribution in [2.45, 2.75) is 58.0 Å². The van der Waals surface area contributed by atoms with Gasteiger partial charge in [-0.1, -0.05) is 13.3 Å². The predicted molar refractivity (Wildman–Crippen MR) is 84.1 cm³/mol. The van der Waals surface area contributed by atoms with Crippen molar-refractivity contribution in [1.29, 1.82) is 0 Å². The van der Waals surface area contributed by atoms with Crippen molar-refractivity contribution in [3.63, 3.8) is 0 Å². The molecule has 108 valence electrons. The van der Waals surface area contributed by atoms with Gasteiger partial charge >= 0.3 is 0 Å². The maximum absolute atomic E-state index is 6.47. The molecule has 2 aromatic heterocycles. The molecule has 2 aromatic rings. The summed E-state index contributed by atoms with van der Waals surface area (Å²) in [5, 5.41) is 0. The van der Waals surface area contributed by atoms with Gasteiger partial charge in [0, 0.05) is 28.7 Å². The lowest BCUT2D eigenvalue weighted by molar-refractivity contribution is 0.615. The summed E-state index contributed by atoms with van der Waals surface area (Å²) in [7, 11) is 0. The zero-order chi connectivity index (χ0) is 13.9. The molecule has 1 atom stereocenters. The highest BCUT2D eigenvalue weighted by Crippen LogP contribution is 2.33. The van der Waals surface area contributed by atoms with Crippen LogP contribution in [0.4, 0.5) is 0 Å². The van der Waals surface area contributed by atoms with E-state index in [1.54, 1.807) is 4.88 Å². The smallest absolute Gasteiger partial charge is 0.131 e. The van der Waals surface area contributed by atoms with E-state index in [1.807, 2.05) is 23.7 Å². The normalized spacial score (nSPS) is 16.7. The highest BCUT2D eigenvalue weighted by molar-refractivity contribution is 7.12. The van der Waals surface area contributed by atoms with Gasteiger partial charge in [0.15, 0.2) is 0 Å². The molecule has 0 spiro atoms. The van der Waals surface area contributed by atoms with Crippen LogP contribution in [0.1, 0.15) is 59.8 Å². The Morgan fingerprint density at radius 1 is 1.35 bits per heavy atom. The van der Waals surface area contributed by atoms with Crippen molar-refractivity contribution in [2.75, 3.05) is 0 Å². The van der Waals surface area contributed by atoms with Gasteiger partial charge in [0.05, 0.1) is 6.04 Å². The molecule has 1 aliphatic rings. The van der Waals surface area contributed by atoms with E-state index >= 15 is 0 Å². The molecule has 0 aliphatic heterocycles. The largest absolute Gasteiger partial charge is 0.333 e. The second-order valence-corrected chi connectivity index (χ2v) is 6.78. The molecule has 0 amide bonds. The van der Waals surface area contributed by atoms with Crippen molar-refractivity contribution in [2.24, 2.45) is 5.73 Å². The summed E-state index contributed by atoms with van der Waals surface area (Å²) in [6.45, 7) is 3.18. The third kappa shape index (κ3) is 2.67. The molecule has 0 saturated carbocycles. The van der Waals surface area contributed by atoms with Crippen LogP contribution < -0.4 is 5.73 Å². The number of aryl methyl sites for hydroxylation is 3. The van der Waals surface area contributed by atoms with E-state index in [2.05, 4.69) is 22.5 Å². The van der Waals surface area contributed by atoms with E-state index in [0.29, 0.717) is 0 Å². The molecular formula is C16H23N3S. The van der Waals surface area contributed by atoms with Crippen LogP contribution in [0.15, 0.2) is 18.5 Å². The van der Waals surface area contributed by atoms with Gasteiger partial charge in [0.1, 0.15) is 5.82 Å². The van der Waals surface area contributed by atoms with Gasteiger partial charge in [0.2, 0.25) is 0 Å². The fourth-order valence-corrected chi connectivity index (χ4v) is 4.26. The molecule has 20 heavy (non-hydrogen) atoms. The molecule has 2 N–H and O–H groups in total. The summed E-state index contributed by atoms with van der Waals surface area (Å²) in [4.78, 5) is 7.32. The van der Waals surface area contributed by atoms with Crippen molar-refractivity contribution in [1.82, 2.24) is 9.55 Å². The fraction of sp³-hybridized carbons (Fsp3) is 0.562. The van der Waals surface area contributed by atoms with Gasteiger partial charge in [-0.3, -0.25) is 0 Å². The summed E-state index contributed by atoms with van der Waals surface area (Å²) in [6, 6.07) is 2.26. The van der Waals surface area contributed by atoms with E-state index < -0.39 is 0 Å². The number of aromatic nitrogens is 2. The predicted octanol–water partition coefficient (Wildman–Crippen LogP) is 3.67. The van der Waals surface area contributed by atoms with Crippen LogP contribution in [-0.2, 0) is 19.4 Å². The molecule has 1 aliphatic carbocycles. The minimum absolute atomic E-state index is 0.0755. The minimum atomic E-state index is -0.0755. The monoisotopic (exact) mass is 289 g/mol. The lowest BCUT2D eigenvalue weighted by atomic mass is 10.1. The maximum atomic E-state index is 6.47. The molecule has 2 heterocycles. The first-order valence-corrected chi connectivity index (χ1v) is 8.49. The van der Waals surface area contributed by atoms with Crippen LogP contribution in [0.25, 0.3) is 0 Å². The van der Waals surface area contributed by atoms with Crippen molar-refractivity contribution >= 4 is 11.3 Å². The Kier molecular flexibility index (Phi) is 4.22. The van der Waals surface area contributed by atoms with Gasteiger partial charge in [-0.05, 0) is 43.7 Å². The van der Waals surface area contributed by atoms with E-state index in [1.165, 1.54) is 42.5 Å². The second-order valence-electron chi connectivity index (χ2n) is 5.61. The van der Waals surface area contributed by atoms with Crippen LogP contribution in [0.3, 0.4) is 0 Å². The quantitative estimate of drug-likeness (QED) is 0.873. The van der Waals surface area contributed by atoms with Crippen LogP contribution in [0.2, 0.25) is 0 Å². The minimum Gasteiger partial charge on any atom is -0.333 e. The number of nitrogens with zero attached hydrogens (tertiary/aromatic N) is 2. The zero-order valence-corrected chi connectivity index (χ0v) is 13.0. The Hall–Kier alpha value is -1.13. The number of fused-ring (bicyclic) bond motifs is 1. The van der Waals surface area contributed by atoms with Crippen molar-refractivity contribution in [3.05, 3.63) is 39.6 Å². The average Bonchev–Trinajstić information content (AvgIpc) is 3.01. The molecular weight excluding hydrogens is 266 g/mol. The number of rotatable bonds is 4. The summed E-state index contributed by atoms with van der Waals surface area (Å²) in [5.41, 5.74) is 8.00. The highest BCUT2D eigenvalue weighted by atomic mass is 32.1. The maximum Gasteiger partial charge on any atom is 0.131 e. The number of hydrogen-bond acceptors (Lipinski definition) is 3. The zero-order valence-electron chi connectivity index (χ0n) is 12.1. The Morgan fingerprint density at radius 2 is 2.20 bits per heavy atom. The van der Waals surface area contributed by atoms with Gasteiger partial charge < -0.3 is 10.3 Å². The SMILES string of the molecule is CCCn1ccnc1C(N)c1cc2c(s1)CCCCC2. The molecule has 3 rings (SSSR count). The van der Waals surface area contributed by atoms with Gasteiger partial charge in [0.25, 0.3) is 0 Å². The highest BCUT2D eigenvalue weighted by Gasteiger charge is 2.20. The molecule has 0 saturated heterocycles. The molecule has 0 aromatic carbocycles. The first-order chi connectivity index (χ1) is 9.79. The molecule has 4 heteroatoms. The van der Waals surface area contributed by atoms with Crippen molar-refractivity contribution in [3.8, 4) is 0 Å². The van der Waals surface area contributed by atoms with E-state index in [4.69, 9.17) is 5.73 Å². The third-order valence-electron chi connectivity index (χ3n) is 4.06. The molecule has 3 nitrogen and oxygen atoms in total. The summed E-state index contributed by atoms with van der Waals surface area (Å²) in [5.74, 6) is 1.00. The lowest BCUT2D eigenvalue weighted by Gasteiger charge is -2.12. The topological polar surface area (TPSA) is 43.8 Å². The van der Waals surface area contributed by atoms with Crippen LogP contribution in [0.5, 0.6) is 0 Å². The van der Waals surface area contributed by atoms with E-state index in [9.17, 15) is 0 Å². The van der Waals surface area contributed by atoms with Crippen LogP contribution in [0, 0.1) is 0 Å². The Balaban J connectivity index is 1.86. The summed E-state index contributed by atoms with van der Waals surface area (Å²) < 4.78 is 2.19. The number of hydrogen-bond donors (Lipinski definition) is 1. The first kappa shape index (κ1) is 13.8. The van der Waals surface area contributed by atoms with E-state index in [-0.39, 0.29) is 6.04 Å².